The third-order valence-electron chi connectivity index (χ3n) is 12.4. The molecule has 0 N–H and O–H groups in total. The molecule has 0 heterocycles. The smallest absolute Gasteiger partial charge is 0.00683 e. The molecule has 0 aromatic heterocycles. The minimum Gasteiger partial charge on any atom is -0.0654 e. The van der Waals surface area contributed by atoms with Gasteiger partial charge in [-0.15, -0.1) is 0 Å². The molecule has 2 fully saturated rings. The molecule has 4 aromatic rings. The lowest BCUT2D eigenvalue weighted by atomic mass is 9.55. The van der Waals surface area contributed by atoms with E-state index < -0.39 is 0 Å². The predicted molar refractivity (Wildman–Crippen MR) is 188 cm³/mol. The van der Waals surface area contributed by atoms with E-state index in [2.05, 4.69) is 114 Å². The van der Waals surface area contributed by atoms with Crippen molar-refractivity contribution < 1.29 is 0 Å². The van der Waals surface area contributed by atoms with Gasteiger partial charge in [0.15, 0.2) is 0 Å². The van der Waals surface area contributed by atoms with Crippen LogP contribution in [-0.2, 0) is 23.7 Å². The van der Waals surface area contributed by atoms with Gasteiger partial charge in [0.1, 0.15) is 0 Å². The van der Waals surface area contributed by atoms with Gasteiger partial charge in [0.05, 0.1) is 0 Å². The molecule has 0 bridgehead atoms. The highest BCUT2D eigenvalue weighted by atomic mass is 14.7. The van der Waals surface area contributed by atoms with Crippen LogP contribution < -0.4 is 0 Å². The van der Waals surface area contributed by atoms with Crippen LogP contribution in [0.2, 0.25) is 0 Å². The summed E-state index contributed by atoms with van der Waals surface area (Å²) in [7, 11) is 0. The Morgan fingerprint density at radius 3 is 1.18 bits per heavy atom. The Morgan fingerprint density at radius 1 is 0.500 bits per heavy atom. The molecule has 3 aliphatic carbocycles. The quantitative estimate of drug-likeness (QED) is 0.194. The first-order chi connectivity index (χ1) is 21.3. The third-order valence-corrected chi connectivity index (χ3v) is 12.4. The standard InChI is InChI=1S/C44H52/c1-7-9-11-33-13-17-35(18-14-33)37-25-43-27-38(36-19-15-34(16-20-36)12-10-8-2)28-44(43,26-37)42-24-32(6)30(4)22-40(42)39-21-29(3)31(5)23-41(39)43/h13-24,37-38H,7-12,25-28H2,1-6H3. The van der Waals surface area contributed by atoms with Gasteiger partial charge in [0, 0.05) is 10.8 Å². The fourth-order valence-corrected chi connectivity index (χ4v) is 9.75. The summed E-state index contributed by atoms with van der Waals surface area (Å²) in [5.41, 5.74) is 18.5. The van der Waals surface area contributed by atoms with Crippen LogP contribution in [0.25, 0.3) is 11.1 Å². The van der Waals surface area contributed by atoms with E-state index in [0.717, 1.165) is 0 Å². The molecule has 0 aliphatic heterocycles. The number of rotatable bonds is 8. The maximum Gasteiger partial charge on any atom is 0.00683 e. The molecule has 0 saturated heterocycles. The molecule has 0 nitrogen and oxygen atoms in total. The predicted octanol–water partition coefficient (Wildman–Crippen LogP) is 11.9. The molecule has 0 amide bonds. The number of unbranched alkanes of at least 4 members (excludes halogenated alkanes) is 2. The Morgan fingerprint density at radius 2 is 0.841 bits per heavy atom. The van der Waals surface area contributed by atoms with Gasteiger partial charge in [0.2, 0.25) is 0 Å². The highest BCUT2D eigenvalue weighted by molar-refractivity contribution is 5.81. The van der Waals surface area contributed by atoms with Gasteiger partial charge in [-0.05, 0) is 158 Å². The molecule has 2 saturated carbocycles. The molecule has 228 valence electrons. The van der Waals surface area contributed by atoms with Gasteiger partial charge in [-0.1, -0.05) is 99.5 Å². The summed E-state index contributed by atoms with van der Waals surface area (Å²) in [5.74, 6) is 1.18. The average Bonchev–Trinajstić information content (AvgIpc) is 3.54. The van der Waals surface area contributed by atoms with Crippen LogP contribution in [0, 0.1) is 27.7 Å². The Hall–Kier alpha value is -3.12. The summed E-state index contributed by atoms with van der Waals surface area (Å²) < 4.78 is 0. The first-order valence-electron chi connectivity index (χ1n) is 17.7. The van der Waals surface area contributed by atoms with E-state index in [1.165, 1.54) is 109 Å². The van der Waals surface area contributed by atoms with Gasteiger partial charge in [-0.3, -0.25) is 0 Å². The number of hydrogen-bond acceptors (Lipinski definition) is 0. The lowest BCUT2D eigenvalue weighted by molar-refractivity contribution is 0.298. The van der Waals surface area contributed by atoms with E-state index >= 15 is 0 Å². The van der Waals surface area contributed by atoms with Crippen LogP contribution in [-0.4, -0.2) is 0 Å². The van der Waals surface area contributed by atoms with Gasteiger partial charge in [-0.2, -0.15) is 0 Å². The van der Waals surface area contributed by atoms with Gasteiger partial charge in [-0.25, -0.2) is 0 Å². The van der Waals surface area contributed by atoms with Crippen LogP contribution in [0.4, 0.5) is 0 Å². The van der Waals surface area contributed by atoms with Crippen molar-refractivity contribution in [3.05, 3.63) is 128 Å². The van der Waals surface area contributed by atoms with Crippen LogP contribution >= 0.6 is 0 Å². The van der Waals surface area contributed by atoms with E-state index in [-0.39, 0.29) is 10.8 Å². The Balaban J connectivity index is 1.38. The molecule has 0 spiro atoms. The largest absolute Gasteiger partial charge is 0.0654 e. The molecule has 7 rings (SSSR count). The second kappa shape index (κ2) is 11.3. The Labute approximate surface area is 267 Å². The minimum atomic E-state index is 0.159. The molecule has 3 aliphatic rings. The van der Waals surface area contributed by atoms with Crippen LogP contribution in [0.1, 0.15) is 133 Å². The third kappa shape index (κ3) is 4.62. The minimum absolute atomic E-state index is 0.159. The molecular weight excluding hydrogens is 528 g/mol. The first-order valence-corrected chi connectivity index (χ1v) is 17.7. The summed E-state index contributed by atoms with van der Waals surface area (Å²) in [5, 5.41) is 0. The topological polar surface area (TPSA) is 0 Å². The summed E-state index contributed by atoms with van der Waals surface area (Å²) in [4.78, 5) is 0. The van der Waals surface area contributed by atoms with Gasteiger partial charge < -0.3 is 0 Å². The van der Waals surface area contributed by atoms with Crippen molar-refractivity contribution >= 4 is 0 Å². The van der Waals surface area contributed by atoms with Crippen molar-refractivity contribution in [1.82, 2.24) is 0 Å². The number of fused-ring (bicyclic) bond motifs is 3. The zero-order valence-corrected chi connectivity index (χ0v) is 28.2. The average molecular weight is 581 g/mol. The van der Waals surface area contributed by atoms with E-state index in [9.17, 15) is 0 Å². The molecular formula is C44H52. The molecule has 0 radical (unpaired) electrons. The SMILES string of the molecule is CCCCc1ccc(C2CC34CC(c5ccc(CCCC)cc5)CC3(C2)c2cc(C)c(C)cc2-c2cc(C)c(C)cc24)cc1. The molecule has 4 aromatic carbocycles. The fraction of sp³-hybridized carbons (Fsp3) is 0.455. The van der Waals surface area contributed by atoms with Gasteiger partial charge >= 0.3 is 0 Å². The zero-order valence-electron chi connectivity index (χ0n) is 28.2. The highest BCUT2D eigenvalue weighted by Crippen LogP contribution is 2.74. The number of aryl methyl sites for hydroxylation is 6. The molecule has 44 heavy (non-hydrogen) atoms. The summed E-state index contributed by atoms with van der Waals surface area (Å²) in [6, 6.07) is 30.0. The monoisotopic (exact) mass is 580 g/mol. The van der Waals surface area contributed by atoms with Crippen LogP contribution in [0.5, 0.6) is 0 Å². The zero-order chi connectivity index (χ0) is 30.6. The lowest BCUT2D eigenvalue weighted by Gasteiger charge is -2.48. The Kier molecular flexibility index (Phi) is 7.63. The van der Waals surface area contributed by atoms with Crippen molar-refractivity contribution in [3.63, 3.8) is 0 Å². The van der Waals surface area contributed by atoms with Crippen LogP contribution in [0.15, 0.2) is 72.8 Å². The van der Waals surface area contributed by atoms with Crippen molar-refractivity contribution in [1.29, 1.82) is 0 Å². The summed E-state index contributed by atoms with van der Waals surface area (Å²) in [6.07, 6.45) is 12.5. The lowest BCUT2D eigenvalue weighted by Crippen LogP contribution is -2.43. The summed E-state index contributed by atoms with van der Waals surface area (Å²) >= 11 is 0. The van der Waals surface area contributed by atoms with Crippen LogP contribution in [0.3, 0.4) is 0 Å². The number of benzene rings is 4. The van der Waals surface area contributed by atoms with E-state index in [0.29, 0.717) is 11.8 Å². The van der Waals surface area contributed by atoms with E-state index in [1.807, 2.05) is 0 Å². The second-order valence-electron chi connectivity index (χ2n) is 15.0. The van der Waals surface area contributed by atoms with E-state index in [1.54, 1.807) is 22.3 Å². The molecule has 0 heteroatoms. The van der Waals surface area contributed by atoms with Crippen molar-refractivity contribution in [2.75, 3.05) is 0 Å². The van der Waals surface area contributed by atoms with Crippen molar-refractivity contribution in [3.8, 4) is 11.1 Å². The second-order valence-corrected chi connectivity index (χ2v) is 15.0. The molecule has 0 unspecified atom stereocenters. The first kappa shape index (κ1) is 29.6. The molecule has 0 atom stereocenters. The normalized spacial score (nSPS) is 25.0. The van der Waals surface area contributed by atoms with Crippen molar-refractivity contribution in [2.24, 2.45) is 0 Å². The number of hydrogen-bond donors (Lipinski definition) is 0. The summed E-state index contributed by atoms with van der Waals surface area (Å²) in [6.45, 7) is 13.9. The maximum atomic E-state index is 2.63. The van der Waals surface area contributed by atoms with E-state index in [4.69, 9.17) is 0 Å². The highest BCUT2D eigenvalue weighted by Gasteiger charge is 2.67. The van der Waals surface area contributed by atoms with Crippen molar-refractivity contribution in [2.45, 2.75) is 128 Å². The van der Waals surface area contributed by atoms with Gasteiger partial charge in [0.25, 0.3) is 0 Å². The Bertz CT molecular complexity index is 1530. The fourth-order valence-electron chi connectivity index (χ4n) is 9.75. The maximum absolute atomic E-state index is 2.63.